The van der Waals surface area contributed by atoms with E-state index in [0.29, 0.717) is 10.0 Å². The molecule has 0 unspecified atom stereocenters. The second kappa shape index (κ2) is 5.11. The van der Waals surface area contributed by atoms with Crippen molar-refractivity contribution in [3.63, 3.8) is 0 Å². The van der Waals surface area contributed by atoms with Gasteiger partial charge in [0.1, 0.15) is 0 Å². The first-order chi connectivity index (χ1) is 6.24. The molecule has 0 N–H and O–H groups in total. The maximum absolute atomic E-state index is 5.84. The molecule has 0 aliphatic rings. The SMILES string of the molecule is CC=CC=Cc1ccc(Cl)c(Cl)c1. The summed E-state index contributed by atoms with van der Waals surface area (Å²) in [6.45, 7) is 1.97. The fourth-order valence-corrected chi connectivity index (χ4v) is 1.20. The largest absolute Gasteiger partial charge is 0.0877 e. The van der Waals surface area contributed by atoms with Gasteiger partial charge in [-0.15, -0.1) is 0 Å². The van der Waals surface area contributed by atoms with E-state index in [-0.39, 0.29) is 0 Å². The standard InChI is InChI=1S/C11H10Cl2/c1-2-3-4-5-9-6-7-10(12)11(13)8-9/h2-8H,1H3. The maximum atomic E-state index is 5.84. The summed E-state index contributed by atoms with van der Waals surface area (Å²) in [7, 11) is 0. The molecule has 0 fully saturated rings. The first-order valence-corrected chi connectivity index (χ1v) is 4.74. The Morgan fingerprint density at radius 1 is 1.08 bits per heavy atom. The molecule has 0 bridgehead atoms. The molecule has 1 aromatic carbocycles. The first-order valence-electron chi connectivity index (χ1n) is 3.98. The summed E-state index contributed by atoms with van der Waals surface area (Å²) in [6, 6.07) is 5.55. The van der Waals surface area contributed by atoms with Gasteiger partial charge in [-0.05, 0) is 24.6 Å². The first kappa shape index (κ1) is 10.4. The van der Waals surface area contributed by atoms with E-state index in [1.807, 2.05) is 43.4 Å². The Kier molecular flexibility index (Phi) is 4.07. The summed E-state index contributed by atoms with van der Waals surface area (Å²) in [5.41, 5.74) is 1.05. The average Bonchev–Trinajstić information content (AvgIpc) is 2.12. The Morgan fingerprint density at radius 2 is 1.85 bits per heavy atom. The van der Waals surface area contributed by atoms with Gasteiger partial charge in [-0.1, -0.05) is 53.6 Å². The molecule has 0 saturated heterocycles. The fourth-order valence-electron chi connectivity index (χ4n) is 0.894. The van der Waals surface area contributed by atoms with Gasteiger partial charge in [-0.25, -0.2) is 0 Å². The Balaban J connectivity index is 2.85. The van der Waals surface area contributed by atoms with Gasteiger partial charge in [-0.2, -0.15) is 0 Å². The second-order valence-corrected chi connectivity index (χ2v) is 3.37. The molecule has 0 atom stereocenters. The van der Waals surface area contributed by atoms with E-state index in [0.717, 1.165) is 5.56 Å². The predicted octanol–water partition coefficient (Wildman–Crippen LogP) is 4.58. The molecule has 0 spiro atoms. The van der Waals surface area contributed by atoms with Gasteiger partial charge in [-0.3, -0.25) is 0 Å². The normalized spacial score (nSPS) is 11.6. The second-order valence-electron chi connectivity index (χ2n) is 2.56. The van der Waals surface area contributed by atoms with Crippen LogP contribution >= 0.6 is 23.2 Å². The molecular formula is C11H10Cl2. The van der Waals surface area contributed by atoms with Crippen molar-refractivity contribution in [2.75, 3.05) is 0 Å². The third-order valence-corrected chi connectivity index (χ3v) is 2.27. The Hall–Kier alpha value is -0.720. The van der Waals surface area contributed by atoms with Crippen LogP contribution in [0.3, 0.4) is 0 Å². The third-order valence-electron chi connectivity index (χ3n) is 1.54. The summed E-state index contributed by atoms with van der Waals surface area (Å²) in [4.78, 5) is 0. The molecule has 0 radical (unpaired) electrons. The van der Waals surface area contributed by atoms with E-state index in [9.17, 15) is 0 Å². The zero-order valence-corrected chi connectivity index (χ0v) is 8.81. The van der Waals surface area contributed by atoms with Crippen molar-refractivity contribution in [3.8, 4) is 0 Å². The molecule has 0 aliphatic heterocycles. The summed E-state index contributed by atoms with van der Waals surface area (Å²) in [5.74, 6) is 0. The number of rotatable bonds is 2. The van der Waals surface area contributed by atoms with Crippen molar-refractivity contribution in [2.24, 2.45) is 0 Å². The smallest absolute Gasteiger partial charge is 0.0598 e. The minimum absolute atomic E-state index is 0.587. The minimum Gasteiger partial charge on any atom is -0.0877 e. The van der Waals surface area contributed by atoms with Crippen LogP contribution in [0.5, 0.6) is 0 Å². The highest BCUT2D eigenvalue weighted by Crippen LogP contribution is 2.22. The lowest BCUT2D eigenvalue weighted by atomic mass is 10.2. The van der Waals surface area contributed by atoms with Crippen LogP contribution < -0.4 is 0 Å². The lowest BCUT2D eigenvalue weighted by Crippen LogP contribution is -1.72. The van der Waals surface area contributed by atoms with Gasteiger partial charge in [0.25, 0.3) is 0 Å². The van der Waals surface area contributed by atoms with Gasteiger partial charge in [0, 0.05) is 0 Å². The average molecular weight is 213 g/mol. The molecule has 0 aliphatic carbocycles. The van der Waals surface area contributed by atoms with Crippen LogP contribution in [0.1, 0.15) is 12.5 Å². The summed E-state index contributed by atoms with van der Waals surface area (Å²) < 4.78 is 0. The third kappa shape index (κ3) is 3.25. The molecular weight excluding hydrogens is 203 g/mol. The molecule has 0 amide bonds. The monoisotopic (exact) mass is 212 g/mol. The van der Waals surface area contributed by atoms with Gasteiger partial charge >= 0.3 is 0 Å². The predicted molar refractivity (Wildman–Crippen MR) is 60.3 cm³/mol. The van der Waals surface area contributed by atoms with E-state index >= 15 is 0 Å². The molecule has 68 valence electrons. The van der Waals surface area contributed by atoms with Crippen LogP contribution in [0, 0.1) is 0 Å². The van der Waals surface area contributed by atoms with Gasteiger partial charge in [0.15, 0.2) is 0 Å². The number of hydrogen-bond donors (Lipinski definition) is 0. The van der Waals surface area contributed by atoms with E-state index in [2.05, 4.69) is 0 Å². The minimum atomic E-state index is 0.587. The highest BCUT2D eigenvalue weighted by molar-refractivity contribution is 6.42. The van der Waals surface area contributed by atoms with Crippen molar-refractivity contribution in [1.82, 2.24) is 0 Å². The van der Waals surface area contributed by atoms with Crippen molar-refractivity contribution >= 4 is 29.3 Å². The van der Waals surface area contributed by atoms with Gasteiger partial charge in [0.05, 0.1) is 10.0 Å². The summed E-state index contributed by atoms with van der Waals surface area (Å²) >= 11 is 11.6. The Bertz CT molecular complexity index is 338. The van der Waals surface area contributed by atoms with Crippen LogP contribution in [0.15, 0.2) is 36.4 Å². The molecule has 13 heavy (non-hydrogen) atoms. The molecule has 0 nitrogen and oxygen atoms in total. The fraction of sp³-hybridized carbons (Fsp3) is 0.0909. The van der Waals surface area contributed by atoms with Crippen molar-refractivity contribution < 1.29 is 0 Å². The van der Waals surface area contributed by atoms with Gasteiger partial charge in [0.2, 0.25) is 0 Å². The topological polar surface area (TPSA) is 0 Å². The number of hydrogen-bond acceptors (Lipinski definition) is 0. The van der Waals surface area contributed by atoms with Crippen molar-refractivity contribution in [3.05, 3.63) is 52.0 Å². The number of halogens is 2. The Morgan fingerprint density at radius 3 is 2.46 bits per heavy atom. The number of benzene rings is 1. The summed E-state index contributed by atoms with van der Waals surface area (Å²) in [5, 5.41) is 1.18. The Labute approximate surface area is 88.5 Å². The van der Waals surface area contributed by atoms with Crippen LogP contribution in [0.4, 0.5) is 0 Å². The van der Waals surface area contributed by atoms with Crippen LogP contribution in [0.2, 0.25) is 10.0 Å². The zero-order chi connectivity index (χ0) is 9.68. The molecule has 0 saturated carbocycles. The summed E-state index contributed by atoms with van der Waals surface area (Å²) in [6.07, 6.45) is 7.86. The quantitative estimate of drug-likeness (QED) is 0.630. The van der Waals surface area contributed by atoms with E-state index < -0.39 is 0 Å². The number of allylic oxidation sites excluding steroid dienone is 3. The molecule has 1 rings (SSSR count). The molecule has 2 heteroatoms. The highest BCUT2D eigenvalue weighted by atomic mass is 35.5. The highest BCUT2D eigenvalue weighted by Gasteiger charge is 1.95. The lowest BCUT2D eigenvalue weighted by Gasteiger charge is -1.96. The maximum Gasteiger partial charge on any atom is 0.0598 e. The van der Waals surface area contributed by atoms with Crippen molar-refractivity contribution in [1.29, 1.82) is 0 Å². The van der Waals surface area contributed by atoms with E-state index in [4.69, 9.17) is 23.2 Å². The zero-order valence-electron chi connectivity index (χ0n) is 7.30. The lowest BCUT2D eigenvalue weighted by molar-refractivity contribution is 1.65. The van der Waals surface area contributed by atoms with E-state index in [1.54, 1.807) is 6.07 Å². The van der Waals surface area contributed by atoms with Gasteiger partial charge < -0.3 is 0 Å². The van der Waals surface area contributed by atoms with Crippen molar-refractivity contribution in [2.45, 2.75) is 6.92 Å². The van der Waals surface area contributed by atoms with Crippen LogP contribution in [0.25, 0.3) is 6.08 Å². The molecule has 0 heterocycles. The van der Waals surface area contributed by atoms with Crippen LogP contribution in [-0.4, -0.2) is 0 Å². The molecule has 0 aromatic heterocycles. The van der Waals surface area contributed by atoms with Crippen LogP contribution in [-0.2, 0) is 0 Å². The van der Waals surface area contributed by atoms with E-state index in [1.165, 1.54) is 0 Å². The molecule has 1 aromatic rings.